The van der Waals surface area contributed by atoms with E-state index in [0.29, 0.717) is 0 Å². The Morgan fingerprint density at radius 2 is 0.833 bits per heavy atom. The third-order valence-corrected chi connectivity index (χ3v) is 0. The number of hydrogen-bond acceptors (Lipinski definition) is 1. The van der Waals surface area contributed by atoms with E-state index in [9.17, 15) is 0 Å². The SMILES string of the molecule is I[Si](I)(I)I.N. The molecular weight excluding hydrogens is 550 g/mol. The van der Waals surface area contributed by atoms with Gasteiger partial charge in [0.15, 0.2) is 0 Å². The first-order valence-corrected chi connectivity index (χ1v) is 15.2. The number of halogens is 4. The Morgan fingerprint density at radius 3 is 0.833 bits per heavy atom. The maximum Gasteiger partial charge on any atom is 0.317 e. The smallest absolute Gasteiger partial charge is 0.317 e. The molecule has 3 N–H and O–H groups in total. The van der Waals surface area contributed by atoms with E-state index >= 15 is 0 Å². The van der Waals surface area contributed by atoms with Gasteiger partial charge < -0.3 is 6.15 Å². The van der Waals surface area contributed by atoms with Gasteiger partial charge in [-0.15, -0.1) is 0 Å². The molecule has 0 rings (SSSR count). The lowest BCUT2D eigenvalue weighted by atomic mass is 14.0. The van der Waals surface area contributed by atoms with E-state index in [0.717, 1.165) is 0 Å². The van der Waals surface area contributed by atoms with Crippen molar-refractivity contribution in [2.24, 2.45) is 0 Å². The van der Waals surface area contributed by atoms with Crippen molar-refractivity contribution >= 4 is 85.2 Å². The zero-order chi connectivity index (χ0) is 4.50. The molecule has 0 heterocycles. The highest BCUT2D eigenvalue weighted by atomic mass is 127. The summed E-state index contributed by atoms with van der Waals surface area (Å²) in [6, 6.07) is 0. The molecule has 0 saturated carbocycles. The Balaban J connectivity index is 0. The van der Waals surface area contributed by atoms with Gasteiger partial charge in [-0.05, 0) is 0 Å². The van der Waals surface area contributed by atoms with Crippen LogP contribution >= 0.6 is 87.2 Å². The van der Waals surface area contributed by atoms with Crippen molar-refractivity contribution in [3.63, 3.8) is 0 Å². The van der Waals surface area contributed by atoms with Crippen LogP contribution in [0.1, 0.15) is 0 Å². The van der Waals surface area contributed by atoms with Crippen molar-refractivity contribution < 1.29 is 0 Å². The van der Waals surface area contributed by atoms with E-state index < -0.39 is -1.94 Å². The lowest BCUT2D eigenvalue weighted by molar-refractivity contribution is 2.13. The molecule has 0 unspecified atom stereocenters. The van der Waals surface area contributed by atoms with Crippen molar-refractivity contribution in [1.82, 2.24) is 6.15 Å². The highest BCUT2D eigenvalue weighted by Crippen LogP contribution is 2.35. The summed E-state index contributed by atoms with van der Waals surface area (Å²) in [6.07, 6.45) is 0. The fourth-order valence-corrected chi connectivity index (χ4v) is 0. The van der Waals surface area contributed by atoms with E-state index in [2.05, 4.69) is 87.2 Å². The highest BCUT2D eigenvalue weighted by molar-refractivity contribution is 14.5. The molecule has 0 saturated heterocycles. The lowest BCUT2D eigenvalue weighted by Gasteiger charge is -1.89. The Kier molecular flexibility index (Phi) is 9.73. The van der Waals surface area contributed by atoms with Gasteiger partial charge in [0.1, 0.15) is 0 Å². The van der Waals surface area contributed by atoms with E-state index in [-0.39, 0.29) is 6.15 Å². The van der Waals surface area contributed by atoms with Crippen molar-refractivity contribution in [3.8, 4) is 0 Å². The number of rotatable bonds is 0. The molecule has 0 amide bonds. The Labute approximate surface area is 89.2 Å². The van der Waals surface area contributed by atoms with Gasteiger partial charge in [0.2, 0.25) is 0 Å². The van der Waals surface area contributed by atoms with Crippen LogP contribution in [0.4, 0.5) is 0 Å². The molecule has 0 aromatic carbocycles. The second kappa shape index (κ2) is 4.93. The summed E-state index contributed by atoms with van der Waals surface area (Å²) < 4.78 is -0.731. The molecule has 0 aliphatic heterocycles. The Bertz CT molecular complexity index is 23.0. The standard InChI is InChI=1S/I4Si.H3N/c1-5(2,3)4;/h;1H3. The average molecular weight is 553 g/mol. The predicted molar refractivity (Wildman–Crippen MR) is 66.9 cm³/mol. The van der Waals surface area contributed by atoms with Crippen molar-refractivity contribution in [2.75, 3.05) is 0 Å². The Hall–Kier alpha value is 3.10. The van der Waals surface area contributed by atoms with Crippen LogP contribution < -0.4 is 6.15 Å². The van der Waals surface area contributed by atoms with Gasteiger partial charge >= 0.3 is -1.94 Å². The van der Waals surface area contributed by atoms with Gasteiger partial charge in [0, 0.05) is 0 Å². The molecule has 0 bridgehead atoms. The predicted octanol–water partition coefficient (Wildman–Crippen LogP) is 3.32. The van der Waals surface area contributed by atoms with E-state index in [1.807, 2.05) is 0 Å². The molecule has 0 aliphatic rings. The highest BCUT2D eigenvalue weighted by Gasteiger charge is 2.13. The van der Waals surface area contributed by atoms with Gasteiger partial charge in [0.25, 0.3) is 0 Å². The maximum atomic E-state index is 2.48. The topological polar surface area (TPSA) is 35.0 Å². The van der Waals surface area contributed by atoms with Crippen LogP contribution in [0.2, 0.25) is 0 Å². The molecule has 40 valence electrons. The van der Waals surface area contributed by atoms with Crippen molar-refractivity contribution in [1.29, 1.82) is 0 Å². The van der Waals surface area contributed by atoms with Gasteiger partial charge in [-0.25, -0.2) is 0 Å². The van der Waals surface area contributed by atoms with Gasteiger partial charge in [-0.3, -0.25) is 0 Å². The molecule has 0 aliphatic carbocycles. The summed E-state index contributed by atoms with van der Waals surface area (Å²) in [4.78, 5) is 0. The van der Waals surface area contributed by atoms with E-state index in [1.165, 1.54) is 0 Å². The summed E-state index contributed by atoms with van der Waals surface area (Å²) in [5.74, 6) is 0. The molecule has 1 nitrogen and oxygen atoms in total. The minimum atomic E-state index is -0.731. The van der Waals surface area contributed by atoms with Crippen LogP contribution in [0.15, 0.2) is 0 Å². The normalized spacial score (nSPS) is 10.0. The second-order valence-electron chi connectivity index (χ2n) is 0.429. The van der Waals surface area contributed by atoms with Crippen LogP contribution in [0.25, 0.3) is 0 Å². The first kappa shape index (κ1) is 11.8. The summed E-state index contributed by atoms with van der Waals surface area (Å²) in [5.41, 5.74) is 0. The first-order valence-electron chi connectivity index (χ1n) is 0.756. The molecule has 6 heavy (non-hydrogen) atoms. The molecule has 0 atom stereocenters. The molecule has 0 fully saturated rings. The molecular formula is H3I4NSi. The van der Waals surface area contributed by atoms with Crippen molar-refractivity contribution in [2.45, 2.75) is 0 Å². The summed E-state index contributed by atoms with van der Waals surface area (Å²) >= 11 is 9.91. The monoisotopic (exact) mass is 553 g/mol. The maximum absolute atomic E-state index is 2.48. The third-order valence-electron chi connectivity index (χ3n) is 0. The van der Waals surface area contributed by atoms with Gasteiger partial charge in [-0.2, -0.15) is 0 Å². The van der Waals surface area contributed by atoms with Crippen LogP contribution in [0, 0.1) is 0 Å². The Morgan fingerprint density at radius 1 is 0.833 bits per heavy atom. The summed E-state index contributed by atoms with van der Waals surface area (Å²) in [5, 5.41) is 0. The molecule has 6 heteroatoms. The summed E-state index contributed by atoms with van der Waals surface area (Å²) in [7, 11) is 0. The summed E-state index contributed by atoms with van der Waals surface area (Å²) in [6.45, 7) is 0. The van der Waals surface area contributed by atoms with Gasteiger partial charge in [0.05, 0.1) is 0 Å². The molecule has 0 aromatic heterocycles. The zero-order valence-corrected chi connectivity index (χ0v) is 12.3. The van der Waals surface area contributed by atoms with Crippen LogP contribution in [0.5, 0.6) is 0 Å². The average Bonchev–Trinajstić information content (AvgIpc) is 0.722. The van der Waals surface area contributed by atoms with E-state index in [4.69, 9.17) is 0 Å². The molecule has 0 radical (unpaired) electrons. The second-order valence-corrected chi connectivity index (χ2v) is 57.9. The fourth-order valence-electron chi connectivity index (χ4n) is 0. The van der Waals surface area contributed by atoms with Crippen LogP contribution in [-0.2, 0) is 0 Å². The first-order chi connectivity index (χ1) is 2.00. The molecule has 0 spiro atoms. The zero-order valence-electron chi connectivity index (χ0n) is 2.72. The largest absolute Gasteiger partial charge is 0.344 e. The quantitative estimate of drug-likeness (QED) is 0.279. The molecule has 0 aromatic rings. The lowest BCUT2D eigenvalue weighted by Crippen LogP contribution is -1.84. The minimum Gasteiger partial charge on any atom is -0.344 e. The van der Waals surface area contributed by atoms with Crippen LogP contribution in [0.3, 0.4) is 0 Å². The van der Waals surface area contributed by atoms with Crippen LogP contribution in [-0.4, -0.2) is -1.94 Å². The van der Waals surface area contributed by atoms with E-state index in [1.54, 1.807) is 0 Å². The fraction of sp³-hybridized carbons (Fsp3) is 0. The third kappa shape index (κ3) is 27.5. The minimum absolute atomic E-state index is 0. The van der Waals surface area contributed by atoms with Crippen molar-refractivity contribution in [3.05, 3.63) is 0 Å². The van der Waals surface area contributed by atoms with Gasteiger partial charge in [-0.1, -0.05) is 87.2 Å². The number of hydrogen-bond donors (Lipinski definition) is 1.